The monoisotopic (exact) mass is 205 g/mol. The average molecular weight is 205 g/mol. The highest BCUT2D eigenvalue weighted by Gasteiger charge is 2.16. The fourth-order valence-electron chi connectivity index (χ4n) is 2.71. The van der Waals surface area contributed by atoms with Gasteiger partial charge in [-0.25, -0.2) is 0 Å². The largest absolute Gasteiger partial charge is 0.343 e. The summed E-state index contributed by atoms with van der Waals surface area (Å²) in [6.07, 6.45) is 2.18. The molecule has 0 atom stereocenters. The predicted octanol–water partition coefficient (Wildman–Crippen LogP) is 3.67. The van der Waals surface area contributed by atoms with Crippen LogP contribution < -0.4 is 0 Å². The lowest BCUT2D eigenvalue weighted by atomic mass is 9.95. The number of benzene rings is 2. The first kappa shape index (κ1) is 8.17. The van der Waals surface area contributed by atoms with Gasteiger partial charge in [-0.15, -0.1) is 0 Å². The Kier molecular flexibility index (Phi) is 1.41. The van der Waals surface area contributed by atoms with Crippen molar-refractivity contribution in [2.45, 2.75) is 6.54 Å². The minimum atomic E-state index is 0.997. The Morgan fingerprint density at radius 2 is 1.69 bits per heavy atom. The summed E-state index contributed by atoms with van der Waals surface area (Å²) in [7, 11) is 0. The molecular weight excluding hydrogens is 194 g/mol. The molecule has 0 radical (unpaired) electrons. The van der Waals surface area contributed by atoms with Crippen molar-refractivity contribution in [1.29, 1.82) is 0 Å². The van der Waals surface area contributed by atoms with E-state index in [1.807, 2.05) is 0 Å². The predicted molar refractivity (Wildman–Crippen MR) is 66.5 cm³/mol. The second-order valence-electron chi connectivity index (χ2n) is 4.34. The normalized spacial score (nSPS) is 12.8. The zero-order chi connectivity index (χ0) is 10.5. The van der Waals surface area contributed by atoms with Gasteiger partial charge in [0.1, 0.15) is 0 Å². The molecule has 1 aromatic heterocycles. The Bertz CT molecular complexity index is 691. The van der Waals surface area contributed by atoms with Crippen LogP contribution in [-0.2, 0) is 6.54 Å². The Balaban J connectivity index is 2.22. The third kappa shape index (κ3) is 0.904. The van der Waals surface area contributed by atoms with E-state index in [1.165, 1.54) is 27.6 Å². The van der Waals surface area contributed by atoms with Crippen LogP contribution in [0.15, 0.2) is 54.7 Å². The minimum Gasteiger partial charge on any atom is -0.343 e. The molecule has 2 heterocycles. The third-order valence-electron chi connectivity index (χ3n) is 3.44. The van der Waals surface area contributed by atoms with Gasteiger partial charge in [0.2, 0.25) is 0 Å². The molecular formula is C15H11N. The summed E-state index contributed by atoms with van der Waals surface area (Å²) in [5.41, 5.74) is 5.54. The van der Waals surface area contributed by atoms with E-state index in [0.717, 1.165) is 6.54 Å². The molecule has 1 nitrogen and oxygen atoms in total. The van der Waals surface area contributed by atoms with Crippen LogP contribution in [0.2, 0.25) is 0 Å². The quantitative estimate of drug-likeness (QED) is 0.413. The number of rotatable bonds is 0. The van der Waals surface area contributed by atoms with Gasteiger partial charge >= 0.3 is 0 Å². The van der Waals surface area contributed by atoms with Gasteiger partial charge < -0.3 is 4.57 Å². The molecule has 4 rings (SSSR count). The second-order valence-corrected chi connectivity index (χ2v) is 4.34. The summed E-state index contributed by atoms with van der Waals surface area (Å²) in [4.78, 5) is 0. The van der Waals surface area contributed by atoms with Crippen LogP contribution in [0.4, 0.5) is 0 Å². The van der Waals surface area contributed by atoms with E-state index >= 15 is 0 Å². The van der Waals surface area contributed by atoms with Crippen LogP contribution in [-0.4, -0.2) is 4.57 Å². The molecule has 1 aliphatic rings. The molecule has 0 bridgehead atoms. The lowest BCUT2D eigenvalue weighted by Crippen LogP contribution is -2.05. The van der Waals surface area contributed by atoms with Gasteiger partial charge in [0.25, 0.3) is 0 Å². The summed E-state index contributed by atoms with van der Waals surface area (Å²) in [6.45, 7) is 0.997. The molecule has 16 heavy (non-hydrogen) atoms. The van der Waals surface area contributed by atoms with Crippen molar-refractivity contribution < 1.29 is 0 Å². The summed E-state index contributed by atoms with van der Waals surface area (Å²) >= 11 is 0. The Hall–Kier alpha value is -2.02. The van der Waals surface area contributed by atoms with Crippen LogP contribution in [0.5, 0.6) is 0 Å². The summed E-state index contributed by atoms with van der Waals surface area (Å²) in [5.74, 6) is 0. The molecule has 3 aromatic rings. The van der Waals surface area contributed by atoms with E-state index in [2.05, 4.69) is 59.3 Å². The highest BCUT2D eigenvalue weighted by molar-refractivity contribution is 5.96. The second kappa shape index (κ2) is 2.76. The van der Waals surface area contributed by atoms with E-state index in [4.69, 9.17) is 0 Å². The lowest BCUT2D eigenvalue weighted by Gasteiger charge is -2.19. The molecule has 0 amide bonds. The first-order valence-electron chi connectivity index (χ1n) is 5.59. The van der Waals surface area contributed by atoms with Crippen molar-refractivity contribution in [2.75, 3.05) is 0 Å². The van der Waals surface area contributed by atoms with Crippen molar-refractivity contribution in [1.82, 2.24) is 4.57 Å². The number of fused-ring (bicyclic) bond motifs is 2. The maximum Gasteiger partial charge on any atom is 0.0563 e. The lowest BCUT2D eigenvalue weighted by molar-refractivity contribution is 0.829. The number of nitrogens with zero attached hydrogens (tertiary/aromatic N) is 1. The summed E-state index contributed by atoms with van der Waals surface area (Å²) < 4.78 is 2.34. The number of hydrogen-bond donors (Lipinski definition) is 0. The first-order chi connectivity index (χ1) is 7.93. The highest BCUT2D eigenvalue weighted by atomic mass is 15.0. The molecule has 0 unspecified atom stereocenters. The van der Waals surface area contributed by atoms with E-state index in [-0.39, 0.29) is 0 Å². The SMILES string of the molecule is c1ccc2c(c1)Cn1ccc3cccc-2c31. The maximum atomic E-state index is 2.34. The average Bonchev–Trinajstić information content (AvgIpc) is 2.75. The first-order valence-corrected chi connectivity index (χ1v) is 5.59. The van der Waals surface area contributed by atoms with Crippen LogP contribution in [0.3, 0.4) is 0 Å². The molecule has 1 heteroatoms. The zero-order valence-electron chi connectivity index (χ0n) is 8.85. The van der Waals surface area contributed by atoms with Gasteiger partial charge in [-0.3, -0.25) is 0 Å². The van der Waals surface area contributed by atoms with Gasteiger partial charge in [0.05, 0.1) is 5.52 Å². The Morgan fingerprint density at radius 1 is 0.812 bits per heavy atom. The highest BCUT2D eigenvalue weighted by Crippen LogP contribution is 2.36. The van der Waals surface area contributed by atoms with Gasteiger partial charge in [0.15, 0.2) is 0 Å². The van der Waals surface area contributed by atoms with Crippen molar-refractivity contribution in [3.05, 3.63) is 60.3 Å². The minimum absolute atomic E-state index is 0.997. The molecule has 0 fully saturated rings. The van der Waals surface area contributed by atoms with Crippen molar-refractivity contribution in [2.24, 2.45) is 0 Å². The molecule has 0 saturated carbocycles. The van der Waals surface area contributed by atoms with Gasteiger partial charge in [0, 0.05) is 23.7 Å². The third-order valence-corrected chi connectivity index (χ3v) is 3.44. The number of aromatic nitrogens is 1. The molecule has 0 N–H and O–H groups in total. The molecule has 1 aliphatic heterocycles. The van der Waals surface area contributed by atoms with Crippen molar-refractivity contribution >= 4 is 10.9 Å². The van der Waals surface area contributed by atoms with Gasteiger partial charge in [-0.2, -0.15) is 0 Å². The summed E-state index contributed by atoms with van der Waals surface area (Å²) in [6, 6.07) is 17.4. The standard InChI is InChI=1S/C15H11N/c1-2-6-13-12(4-1)10-16-9-8-11-5-3-7-14(13)15(11)16/h1-9H,10H2. The molecule has 0 aliphatic carbocycles. The molecule has 0 spiro atoms. The van der Waals surface area contributed by atoms with Crippen LogP contribution in [0.25, 0.3) is 22.0 Å². The van der Waals surface area contributed by atoms with Crippen LogP contribution >= 0.6 is 0 Å². The Labute approximate surface area is 93.9 Å². The topological polar surface area (TPSA) is 4.93 Å². The fraction of sp³-hybridized carbons (Fsp3) is 0.0667. The summed E-state index contributed by atoms with van der Waals surface area (Å²) in [5, 5.41) is 1.34. The van der Waals surface area contributed by atoms with E-state index < -0.39 is 0 Å². The van der Waals surface area contributed by atoms with Gasteiger partial charge in [-0.1, -0.05) is 42.5 Å². The smallest absolute Gasteiger partial charge is 0.0563 e. The molecule has 2 aromatic carbocycles. The van der Waals surface area contributed by atoms with E-state index in [9.17, 15) is 0 Å². The van der Waals surface area contributed by atoms with Crippen LogP contribution in [0, 0.1) is 0 Å². The maximum absolute atomic E-state index is 2.34. The van der Waals surface area contributed by atoms with Crippen LogP contribution in [0.1, 0.15) is 5.56 Å². The van der Waals surface area contributed by atoms with Crippen molar-refractivity contribution in [3.8, 4) is 11.1 Å². The van der Waals surface area contributed by atoms with Crippen molar-refractivity contribution in [3.63, 3.8) is 0 Å². The zero-order valence-corrected chi connectivity index (χ0v) is 8.85. The molecule has 0 saturated heterocycles. The fourth-order valence-corrected chi connectivity index (χ4v) is 2.71. The van der Waals surface area contributed by atoms with E-state index in [0.29, 0.717) is 0 Å². The number of hydrogen-bond acceptors (Lipinski definition) is 0. The Morgan fingerprint density at radius 3 is 2.69 bits per heavy atom. The van der Waals surface area contributed by atoms with Gasteiger partial charge in [-0.05, 0) is 17.2 Å². The number of para-hydroxylation sites is 1. The molecule has 76 valence electrons. The van der Waals surface area contributed by atoms with E-state index in [1.54, 1.807) is 0 Å².